The molecule has 1 fully saturated rings. The van der Waals surface area contributed by atoms with Crippen LogP contribution in [0.1, 0.15) is 12.8 Å². The molecule has 0 spiro atoms. The Bertz CT molecular complexity index is 245. The summed E-state index contributed by atoms with van der Waals surface area (Å²) >= 11 is 11.8. The van der Waals surface area contributed by atoms with Crippen molar-refractivity contribution in [3.63, 3.8) is 0 Å². The third-order valence-corrected chi connectivity index (χ3v) is 2.78. The number of likely N-dealkylation sites (tertiary alicyclic amines) is 1. The summed E-state index contributed by atoms with van der Waals surface area (Å²) in [6.45, 7) is 0.843. The van der Waals surface area contributed by atoms with Gasteiger partial charge in [-0.3, -0.25) is 9.69 Å². The summed E-state index contributed by atoms with van der Waals surface area (Å²) in [5, 5.41) is 0. The van der Waals surface area contributed by atoms with Crippen LogP contribution >= 0.6 is 23.2 Å². The van der Waals surface area contributed by atoms with Crippen molar-refractivity contribution in [1.29, 1.82) is 0 Å². The first kappa shape index (κ1) is 11.8. The predicted octanol–water partition coefficient (Wildman–Crippen LogP) is 0.309. The molecule has 0 saturated carbocycles. The summed E-state index contributed by atoms with van der Waals surface area (Å²) < 4.78 is -0.928. The highest BCUT2D eigenvalue weighted by molar-refractivity contribution is 6.49. The fourth-order valence-electron chi connectivity index (χ4n) is 1.62. The predicted molar refractivity (Wildman–Crippen MR) is 54.3 cm³/mol. The molecule has 1 amide bonds. The minimum Gasteiger partial charge on any atom is -0.368 e. The summed E-state index contributed by atoms with van der Waals surface area (Å²) in [6.07, 6.45) is 1.47. The van der Waals surface area contributed by atoms with Gasteiger partial charge < -0.3 is 10.5 Å². The van der Waals surface area contributed by atoms with Crippen molar-refractivity contribution < 1.29 is 9.59 Å². The van der Waals surface area contributed by atoms with Gasteiger partial charge in [0.2, 0.25) is 5.91 Å². The molecular weight excluding hydrogens is 227 g/mol. The molecule has 2 N–H and O–H groups in total. The fraction of sp³-hybridized carbons (Fsp3) is 0.750. The van der Waals surface area contributed by atoms with E-state index in [9.17, 15) is 9.59 Å². The minimum absolute atomic E-state index is 0.324. The molecule has 6 heteroatoms. The van der Waals surface area contributed by atoms with Gasteiger partial charge in [0, 0.05) is 25.9 Å². The highest BCUT2D eigenvalue weighted by atomic mass is 35.5. The van der Waals surface area contributed by atoms with Crippen LogP contribution in [0.25, 0.3) is 0 Å². The molecule has 1 saturated heterocycles. The Kier molecular flexibility index (Phi) is 3.75. The van der Waals surface area contributed by atoms with Crippen molar-refractivity contribution in [2.45, 2.75) is 23.2 Å². The Labute approximate surface area is 92.3 Å². The van der Waals surface area contributed by atoms with E-state index in [1.54, 1.807) is 4.90 Å². The van der Waals surface area contributed by atoms with Gasteiger partial charge in [-0.1, -0.05) is 0 Å². The number of nitrogens with zero attached hydrogens (tertiary/aromatic N) is 1. The van der Waals surface area contributed by atoms with E-state index >= 15 is 0 Å². The second-order valence-electron chi connectivity index (χ2n) is 3.40. The van der Waals surface area contributed by atoms with Crippen LogP contribution in [0.2, 0.25) is 0 Å². The van der Waals surface area contributed by atoms with Gasteiger partial charge in [0.05, 0.1) is 6.04 Å². The smallest absolute Gasteiger partial charge is 0.234 e. The van der Waals surface area contributed by atoms with Gasteiger partial charge >= 0.3 is 0 Å². The number of nitrogens with two attached hydrogens (primary N) is 1. The van der Waals surface area contributed by atoms with E-state index in [0.29, 0.717) is 25.9 Å². The lowest BCUT2D eigenvalue weighted by Gasteiger charge is -2.19. The van der Waals surface area contributed by atoms with Crippen molar-refractivity contribution in [2.75, 3.05) is 13.1 Å². The lowest BCUT2D eigenvalue weighted by molar-refractivity contribution is -0.122. The average Bonchev–Trinajstić information content (AvgIpc) is 2.38. The number of halogens is 2. The number of aldehydes is 1. The topological polar surface area (TPSA) is 63.4 Å². The number of rotatable bonds is 4. The molecule has 0 unspecified atom stereocenters. The first-order valence-corrected chi connectivity index (χ1v) is 5.07. The largest absolute Gasteiger partial charge is 0.368 e. The van der Waals surface area contributed by atoms with Crippen molar-refractivity contribution in [3.05, 3.63) is 0 Å². The molecule has 0 aliphatic carbocycles. The number of amides is 1. The second kappa shape index (κ2) is 4.47. The van der Waals surface area contributed by atoms with E-state index in [2.05, 4.69) is 0 Å². The molecule has 0 bridgehead atoms. The maximum Gasteiger partial charge on any atom is 0.234 e. The molecule has 14 heavy (non-hydrogen) atoms. The fourth-order valence-corrected chi connectivity index (χ4v) is 2.22. The number of alkyl halides is 2. The Morgan fingerprint density at radius 3 is 2.79 bits per heavy atom. The van der Waals surface area contributed by atoms with Crippen molar-refractivity contribution in [1.82, 2.24) is 4.90 Å². The molecule has 0 aromatic carbocycles. The van der Waals surface area contributed by atoms with Crippen molar-refractivity contribution >= 4 is 35.4 Å². The molecule has 1 rings (SSSR count). The normalized spacial score (nSPS) is 26.3. The molecule has 0 aromatic rings. The summed E-state index contributed by atoms with van der Waals surface area (Å²) in [6, 6.07) is -0.454. The van der Waals surface area contributed by atoms with E-state index in [4.69, 9.17) is 28.9 Å². The van der Waals surface area contributed by atoms with E-state index in [-0.39, 0.29) is 0 Å². The molecule has 1 aliphatic heterocycles. The van der Waals surface area contributed by atoms with E-state index in [1.807, 2.05) is 0 Å². The number of hydrogen-bond acceptors (Lipinski definition) is 3. The van der Waals surface area contributed by atoms with Crippen LogP contribution in [0.3, 0.4) is 0 Å². The van der Waals surface area contributed by atoms with Gasteiger partial charge in [0.25, 0.3) is 0 Å². The zero-order chi connectivity index (χ0) is 10.8. The molecule has 1 heterocycles. The van der Waals surface area contributed by atoms with Gasteiger partial charge in [-0.25, -0.2) is 0 Å². The summed E-state index contributed by atoms with van der Waals surface area (Å²) in [5.41, 5.74) is 5.19. The molecule has 0 aromatic heterocycles. The van der Waals surface area contributed by atoms with E-state index in [1.165, 1.54) is 0 Å². The zero-order valence-electron chi connectivity index (χ0n) is 7.58. The van der Waals surface area contributed by atoms with Crippen LogP contribution in [0.5, 0.6) is 0 Å². The quantitative estimate of drug-likeness (QED) is 0.567. The van der Waals surface area contributed by atoms with Crippen LogP contribution in [0, 0.1) is 0 Å². The van der Waals surface area contributed by atoms with Crippen molar-refractivity contribution in [3.8, 4) is 0 Å². The summed E-state index contributed by atoms with van der Waals surface area (Å²) in [4.78, 5) is 23.0. The average molecular weight is 239 g/mol. The highest BCUT2D eigenvalue weighted by Crippen LogP contribution is 2.36. The zero-order valence-corrected chi connectivity index (χ0v) is 9.09. The highest BCUT2D eigenvalue weighted by Gasteiger charge is 2.43. The Morgan fingerprint density at radius 2 is 2.29 bits per heavy atom. The molecule has 0 radical (unpaired) electrons. The Hall–Kier alpha value is -0.320. The van der Waals surface area contributed by atoms with Crippen LogP contribution in [-0.2, 0) is 9.59 Å². The maximum absolute atomic E-state index is 11.0. The van der Waals surface area contributed by atoms with Gasteiger partial charge in [0.15, 0.2) is 0 Å². The van der Waals surface area contributed by atoms with Gasteiger partial charge in [0.1, 0.15) is 10.6 Å². The van der Waals surface area contributed by atoms with Crippen LogP contribution in [0.4, 0.5) is 0 Å². The molecule has 80 valence electrons. The van der Waals surface area contributed by atoms with Gasteiger partial charge in [-0.05, 0) is 0 Å². The maximum atomic E-state index is 11.0. The SMILES string of the molecule is NC(=O)[C@@H]1CC(Cl)(Cl)CN1CCC=O. The number of carbonyl (C=O) groups is 2. The molecule has 1 aliphatic rings. The lowest BCUT2D eigenvalue weighted by atomic mass is 10.2. The number of hydrogen-bond donors (Lipinski definition) is 1. The van der Waals surface area contributed by atoms with Gasteiger partial charge in [-0.2, -0.15) is 0 Å². The standard InChI is InChI=1S/C8H12Cl2N2O2/c9-8(10)4-6(7(11)14)12(5-8)2-1-3-13/h3,6H,1-2,4-5H2,(H2,11,14)/t6-/m0/s1. The van der Waals surface area contributed by atoms with Crippen LogP contribution in [0.15, 0.2) is 0 Å². The summed E-state index contributed by atoms with van der Waals surface area (Å²) in [7, 11) is 0. The third kappa shape index (κ3) is 2.83. The molecule has 4 nitrogen and oxygen atoms in total. The Balaban J connectivity index is 2.62. The van der Waals surface area contributed by atoms with Crippen LogP contribution in [-0.4, -0.2) is 40.6 Å². The van der Waals surface area contributed by atoms with E-state index < -0.39 is 16.3 Å². The monoisotopic (exact) mass is 238 g/mol. The lowest BCUT2D eigenvalue weighted by Crippen LogP contribution is -2.40. The van der Waals surface area contributed by atoms with Gasteiger partial charge in [-0.15, -0.1) is 23.2 Å². The van der Waals surface area contributed by atoms with Crippen LogP contribution < -0.4 is 5.73 Å². The Morgan fingerprint density at radius 1 is 1.64 bits per heavy atom. The molecule has 1 atom stereocenters. The third-order valence-electron chi connectivity index (χ3n) is 2.23. The van der Waals surface area contributed by atoms with E-state index in [0.717, 1.165) is 6.29 Å². The summed E-state index contributed by atoms with van der Waals surface area (Å²) in [5.74, 6) is -0.445. The molecular formula is C8H12Cl2N2O2. The number of primary amides is 1. The first-order valence-electron chi connectivity index (χ1n) is 4.31. The minimum atomic E-state index is -0.928. The first-order chi connectivity index (χ1) is 6.46. The number of carbonyl (C=O) groups excluding carboxylic acids is 2. The van der Waals surface area contributed by atoms with Crippen molar-refractivity contribution in [2.24, 2.45) is 5.73 Å². The second-order valence-corrected chi connectivity index (χ2v) is 5.04.